The molecular formula is C11H15NO3. The van der Waals surface area contributed by atoms with Crippen molar-refractivity contribution in [3.63, 3.8) is 0 Å². The molecule has 4 heteroatoms. The van der Waals surface area contributed by atoms with Gasteiger partial charge in [-0.1, -0.05) is 24.3 Å². The van der Waals surface area contributed by atoms with E-state index in [1.165, 1.54) is 0 Å². The van der Waals surface area contributed by atoms with Crippen LogP contribution >= 0.6 is 0 Å². The normalized spacial score (nSPS) is 14.6. The smallest absolute Gasteiger partial charge is 0.320 e. The lowest BCUT2D eigenvalue weighted by Gasteiger charge is -2.15. The number of benzene rings is 1. The van der Waals surface area contributed by atoms with Gasteiger partial charge in [0.1, 0.15) is 6.04 Å². The molecule has 4 N–H and O–H groups in total. The fraction of sp³-hybridized carbons (Fsp3) is 0.364. The third kappa shape index (κ3) is 3.04. The van der Waals surface area contributed by atoms with Crippen LogP contribution in [0.15, 0.2) is 24.3 Å². The molecule has 1 rings (SSSR count). The van der Waals surface area contributed by atoms with Gasteiger partial charge in [0, 0.05) is 6.42 Å². The van der Waals surface area contributed by atoms with E-state index in [1.54, 1.807) is 12.1 Å². The maximum atomic E-state index is 10.5. The Labute approximate surface area is 88.3 Å². The van der Waals surface area contributed by atoms with Gasteiger partial charge in [0.15, 0.2) is 0 Å². The number of aliphatic carboxylic acids is 1. The number of aryl methyl sites for hydroxylation is 1. The van der Waals surface area contributed by atoms with Crippen molar-refractivity contribution in [2.24, 2.45) is 5.73 Å². The van der Waals surface area contributed by atoms with Crippen molar-refractivity contribution >= 4 is 5.97 Å². The molecule has 82 valence electrons. The van der Waals surface area contributed by atoms with Gasteiger partial charge in [-0.2, -0.15) is 0 Å². The minimum absolute atomic E-state index is 0.0280. The summed E-state index contributed by atoms with van der Waals surface area (Å²) in [6.07, 6.45) is -0.794. The van der Waals surface area contributed by atoms with Crippen LogP contribution < -0.4 is 5.73 Å². The molecule has 2 atom stereocenters. The van der Waals surface area contributed by atoms with Crippen LogP contribution in [0.4, 0.5) is 0 Å². The van der Waals surface area contributed by atoms with Crippen LogP contribution in [0, 0.1) is 6.92 Å². The number of nitrogens with two attached hydrogens (primary N) is 1. The molecule has 0 aliphatic carbocycles. The number of hydrogen-bond donors (Lipinski definition) is 3. The van der Waals surface area contributed by atoms with E-state index in [1.807, 2.05) is 19.1 Å². The summed E-state index contributed by atoms with van der Waals surface area (Å²) in [5.74, 6) is -1.09. The first kappa shape index (κ1) is 11.7. The Kier molecular flexibility index (Phi) is 3.82. The van der Waals surface area contributed by atoms with E-state index in [4.69, 9.17) is 10.8 Å². The molecule has 1 aromatic rings. The Morgan fingerprint density at radius 2 is 2.07 bits per heavy atom. The first-order chi connectivity index (χ1) is 7.02. The molecule has 0 aromatic heterocycles. The van der Waals surface area contributed by atoms with Gasteiger partial charge in [-0.15, -0.1) is 0 Å². The average Bonchev–Trinajstić information content (AvgIpc) is 2.18. The van der Waals surface area contributed by atoms with E-state index in [0.29, 0.717) is 0 Å². The third-order valence-corrected chi connectivity index (χ3v) is 2.34. The lowest BCUT2D eigenvalue weighted by Crippen LogP contribution is -2.31. The molecule has 0 saturated carbocycles. The highest BCUT2D eigenvalue weighted by Gasteiger charge is 2.18. The Bertz CT molecular complexity index is 351. The van der Waals surface area contributed by atoms with Gasteiger partial charge in [-0.05, 0) is 18.1 Å². The Morgan fingerprint density at radius 3 is 2.60 bits per heavy atom. The van der Waals surface area contributed by atoms with Crippen molar-refractivity contribution in [3.8, 4) is 0 Å². The lowest BCUT2D eigenvalue weighted by molar-refractivity contribution is -0.139. The number of hydrogen-bond acceptors (Lipinski definition) is 3. The second-order valence-electron chi connectivity index (χ2n) is 3.55. The average molecular weight is 209 g/mol. The molecule has 0 aliphatic rings. The van der Waals surface area contributed by atoms with Crippen molar-refractivity contribution in [2.75, 3.05) is 0 Å². The molecule has 0 spiro atoms. The summed E-state index contributed by atoms with van der Waals surface area (Å²) in [5, 5.41) is 18.4. The highest BCUT2D eigenvalue weighted by molar-refractivity contribution is 5.73. The van der Waals surface area contributed by atoms with Gasteiger partial charge < -0.3 is 15.9 Å². The summed E-state index contributed by atoms with van der Waals surface area (Å²) in [7, 11) is 0. The van der Waals surface area contributed by atoms with Crippen molar-refractivity contribution in [1.82, 2.24) is 0 Å². The molecule has 15 heavy (non-hydrogen) atoms. The molecule has 0 amide bonds. The number of rotatable bonds is 4. The molecule has 1 aromatic carbocycles. The second-order valence-corrected chi connectivity index (χ2v) is 3.55. The van der Waals surface area contributed by atoms with E-state index in [2.05, 4.69) is 0 Å². The van der Waals surface area contributed by atoms with Crippen LogP contribution in [0.3, 0.4) is 0 Å². The zero-order valence-electron chi connectivity index (χ0n) is 8.55. The lowest BCUT2D eigenvalue weighted by atomic mass is 9.98. The van der Waals surface area contributed by atoms with Crippen molar-refractivity contribution in [2.45, 2.75) is 25.5 Å². The van der Waals surface area contributed by atoms with Crippen molar-refractivity contribution in [3.05, 3.63) is 35.4 Å². The van der Waals surface area contributed by atoms with Gasteiger partial charge in [0.25, 0.3) is 0 Å². The third-order valence-electron chi connectivity index (χ3n) is 2.34. The fourth-order valence-electron chi connectivity index (χ4n) is 1.43. The number of carboxylic acid groups (broad SMARTS) is 1. The van der Waals surface area contributed by atoms with Crippen LogP contribution in [0.25, 0.3) is 0 Å². The summed E-state index contributed by atoms with van der Waals surface area (Å²) in [4.78, 5) is 10.5. The van der Waals surface area contributed by atoms with Gasteiger partial charge in [0.05, 0.1) is 6.10 Å². The van der Waals surface area contributed by atoms with Crippen LogP contribution in [0.5, 0.6) is 0 Å². The molecule has 0 radical (unpaired) electrons. The fourth-order valence-corrected chi connectivity index (χ4v) is 1.43. The van der Waals surface area contributed by atoms with Crippen LogP contribution in [-0.2, 0) is 4.79 Å². The van der Waals surface area contributed by atoms with Crippen LogP contribution in [0.2, 0.25) is 0 Å². The van der Waals surface area contributed by atoms with Crippen molar-refractivity contribution < 1.29 is 15.0 Å². The topological polar surface area (TPSA) is 83.5 Å². The van der Waals surface area contributed by atoms with E-state index >= 15 is 0 Å². The molecule has 0 saturated heterocycles. The number of aliphatic hydroxyl groups is 1. The molecule has 0 bridgehead atoms. The monoisotopic (exact) mass is 209 g/mol. The van der Waals surface area contributed by atoms with E-state index in [9.17, 15) is 9.90 Å². The minimum Gasteiger partial charge on any atom is -0.480 e. The highest BCUT2D eigenvalue weighted by Crippen LogP contribution is 2.20. The first-order valence-corrected chi connectivity index (χ1v) is 4.74. The Balaban J connectivity index is 2.73. The zero-order chi connectivity index (χ0) is 11.4. The number of aliphatic hydroxyl groups excluding tert-OH is 1. The zero-order valence-corrected chi connectivity index (χ0v) is 8.55. The predicted molar refractivity (Wildman–Crippen MR) is 56.4 cm³/mol. The summed E-state index contributed by atoms with van der Waals surface area (Å²) in [6, 6.07) is 6.28. The molecule has 0 aliphatic heterocycles. The second kappa shape index (κ2) is 4.91. The van der Waals surface area contributed by atoms with Gasteiger partial charge in [-0.25, -0.2) is 0 Å². The first-order valence-electron chi connectivity index (χ1n) is 4.74. The molecule has 4 nitrogen and oxygen atoms in total. The maximum absolute atomic E-state index is 10.5. The largest absolute Gasteiger partial charge is 0.480 e. The molecule has 0 heterocycles. The quantitative estimate of drug-likeness (QED) is 0.685. The molecule has 0 fully saturated rings. The summed E-state index contributed by atoms with van der Waals surface area (Å²) < 4.78 is 0. The summed E-state index contributed by atoms with van der Waals surface area (Å²) in [5.41, 5.74) is 7.01. The van der Waals surface area contributed by atoms with Crippen LogP contribution in [0.1, 0.15) is 23.7 Å². The van der Waals surface area contributed by atoms with Gasteiger partial charge in [0.2, 0.25) is 0 Å². The standard InChI is InChI=1S/C11H15NO3/c1-7-4-2-3-5-8(7)10(13)6-9(12)11(14)15/h2-5,9-10,13H,6,12H2,1H3,(H,14,15)/t9-,10-/m0/s1. The van der Waals surface area contributed by atoms with Gasteiger partial charge in [-0.3, -0.25) is 4.79 Å². The molecule has 0 unspecified atom stereocenters. The van der Waals surface area contributed by atoms with Crippen LogP contribution in [-0.4, -0.2) is 22.2 Å². The maximum Gasteiger partial charge on any atom is 0.320 e. The van der Waals surface area contributed by atoms with E-state index in [0.717, 1.165) is 11.1 Å². The Hall–Kier alpha value is -1.39. The number of carboxylic acids is 1. The minimum atomic E-state index is -1.09. The van der Waals surface area contributed by atoms with Gasteiger partial charge >= 0.3 is 5.97 Å². The van der Waals surface area contributed by atoms with E-state index in [-0.39, 0.29) is 6.42 Å². The highest BCUT2D eigenvalue weighted by atomic mass is 16.4. The predicted octanol–water partition coefficient (Wildman–Crippen LogP) is 0.830. The SMILES string of the molecule is Cc1ccccc1[C@@H](O)C[C@H](N)C(=O)O. The summed E-state index contributed by atoms with van der Waals surface area (Å²) >= 11 is 0. The van der Waals surface area contributed by atoms with Crippen molar-refractivity contribution in [1.29, 1.82) is 0 Å². The molecular weight excluding hydrogens is 194 g/mol. The summed E-state index contributed by atoms with van der Waals surface area (Å²) in [6.45, 7) is 1.87. The van der Waals surface area contributed by atoms with E-state index < -0.39 is 18.1 Å². The Morgan fingerprint density at radius 1 is 1.47 bits per heavy atom. The number of carbonyl (C=O) groups is 1.